The Morgan fingerprint density at radius 1 is 1.16 bits per heavy atom. The summed E-state index contributed by atoms with van der Waals surface area (Å²) >= 11 is 2.04. The van der Waals surface area contributed by atoms with Crippen LogP contribution >= 0.6 is 22.6 Å². The van der Waals surface area contributed by atoms with Crippen LogP contribution in [0.5, 0.6) is 0 Å². The first-order chi connectivity index (χ1) is 8.80. The summed E-state index contributed by atoms with van der Waals surface area (Å²) in [7, 11) is 0. The smallest absolute Gasteiger partial charge is 0.281 e. The van der Waals surface area contributed by atoms with E-state index in [9.17, 15) is 18.0 Å². The molecule has 1 heterocycles. The third-order valence-corrected chi connectivity index (χ3v) is 3.85. The predicted octanol–water partition coefficient (Wildman–Crippen LogP) is 3.77. The maximum atomic E-state index is 12.7. The Kier molecular flexibility index (Phi) is 3.71. The Bertz CT molecular complexity index is 676. The van der Waals surface area contributed by atoms with Gasteiger partial charge in [-0.15, -0.1) is 0 Å². The Labute approximate surface area is 121 Å². The van der Waals surface area contributed by atoms with Crippen molar-refractivity contribution in [3.8, 4) is 5.69 Å². The van der Waals surface area contributed by atoms with Gasteiger partial charge in [-0.1, -0.05) is 6.07 Å². The number of hydrogen-bond donors (Lipinski definition) is 0. The molecule has 0 unspecified atom stereocenters. The van der Waals surface area contributed by atoms with Crippen molar-refractivity contribution in [2.75, 3.05) is 0 Å². The van der Waals surface area contributed by atoms with Crippen molar-refractivity contribution in [3.05, 3.63) is 61.6 Å². The van der Waals surface area contributed by atoms with Crippen molar-refractivity contribution >= 4 is 22.6 Å². The van der Waals surface area contributed by atoms with E-state index in [0.717, 1.165) is 15.7 Å². The summed E-state index contributed by atoms with van der Waals surface area (Å²) in [6, 6.07) is 7.73. The molecule has 0 aliphatic carbocycles. The highest BCUT2D eigenvalue weighted by molar-refractivity contribution is 14.1. The summed E-state index contributed by atoms with van der Waals surface area (Å²) in [6.07, 6.45) is -4.42. The van der Waals surface area contributed by atoms with E-state index < -0.39 is 11.7 Å². The molecule has 0 atom stereocenters. The zero-order valence-electron chi connectivity index (χ0n) is 9.83. The van der Waals surface area contributed by atoms with Crippen molar-refractivity contribution in [1.29, 1.82) is 0 Å². The van der Waals surface area contributed by atoms with Gasteiger partial charge in [-0.25, -0.2) is 0 Å². The average Bonchev–Trinajstić information content (AvgIpc) is 2.34. The third-order valence-electron chi connectivity index (χ3n) is 2.71. The quantitative estimate of drug-likeness (QED) is 0.692. The molecule has 0 radical (unpaired) electrons. The normalized spacial score (nSPS) is 11.6. The Hall–Kier alpha value is -1.31. The van der Waals surface area contributed by atoms with Crippen molar-refractivity contribution in [1.82, 2.24) is 4.57 Å². The fourth-order valence-corrected chi connectivity index (χ4v) is 2.17. The fourth-order valence-electron chi connectivity index (χ4n) is 1.75. The topological polar surface area (TPSA) is 22.0 Å². The number of rotatable bonds is 1. The highest BCUT2D eigenvalue weighted by Crippen LogP contribution is 2.30. The Morgan fingerprint density at radius 2 is 1.84 bits per heavy atom. The molecule has 2 nitrogen and oxygen atoms in total. The molecule has 19 heavy (non-hydrogen) atoms. The number of alkyl halides is 3. The molecule has 0 saturated carbocycles. The third kappa shape index (κ3) is 2.83. The van der Waals surface area contributed by atoms with Crippen molar-refractivity contribution in [2.24, 2.45) is 0 Å². The number of hydrogen-bond acceptors (Lipinski definition) is 1. The molecule has 0 aliphatic heterocycles. The standard InChI is InChI=1S/C13H9F3INO/c1-8-11(17)5-6-12(19)18(8)10-4-2-3-9(7-10)13(14,15)16/h2-7H,1H3. The minimum Gasteiger partial charge on any atom is -0.281 e. The molecular formula is C13H9F3INO. The second kappa shape index (κ2) is 4.99. The SMILES string of the molecule is Cc1c(I)ccc(=O)n1-c1cccc(C(F)(F)F)c1. The fraction of sp³-hybridized carbons (Fsp3) is 0.154. The summed E-state index contributed by atoms with van der Waals surface area (Å²) in [6.45, 7) is 1.70. The molecule has 100 valence electrons. The van der Waals surface area contributed by atoms with Crippen LogP contribution in [0, 0.1) is 10.5 Å². The zero-order chi connectivity index (χ0) is 14.2. The number of halogens is 4. The van der Waals surface area contributed by atoms with Gasteiger partial charge in [0.2, 0.25) is 0 Å². The van der Waals surface area contributed by atoms with Gasteiger partial charge in [0, 0.05) is 21.0 Å². The number of pyridine rings is 1. The van der Waals surface area contributed by atoms with E-state index >= 15 is 0 Å². The summed E-state index contributed by atoms with van der Waals surface area (Å²) in [5.74, 6) is 0. The van der Waals surface area contributed by atoms with Crippen LogP contribution in [0.1, 0.15) is 11.3 Å². The Balaban J connectivity index is 2.67. The summed E-state index contributed by atoms with van der Waals surface area (Å²) in [5.41, 5.74) is -0.282. The van der Waals surface area contributed by atoms with E-state index in [-0.39, 0.29) is 11.2 Å². The average molecular weight is 379 g/mol. The van der Waals surface area contributed by atoms with Crippen molar-refractivity contribution in [2.45, 2.75) is 13.1 Å². The van der Waals surface area contributed by atoms with Crippen molar-refractivity contribution in [3.63, 3.8) is 0 Å². The molecule has 2 rings (SSSR count). The molecule has 0 bridgehead atoms. The zero-order valence-corrected chi connectivity index (χ0v) is 12.0. The first kappa shape index (κ1) is 14.1. The van der Waals surface area contributed by atoms with Crippen molar-refractivity contribution < 1.29 is 13.2 Å². The van der Waals surface area contributed by atoms with Crippen LogP contribution in [-0.4, -0.2) is 4.57 Å². The molecule has 2 aromatic rings. The molecule has 0 aliphatic rings. The van der Waals surface area contributed by atoms with Gasteiger partial charge in [-0.3, -0.25) is 9.36 Å². The second-order valence-corrected chi connectivity index (χ2v) is 5.15. The summed E-state index contributed by atoms with van der Waals surface area (Å²) < 4.78 is 40.1. The monoisotopic (exact) mass is 379 g/mol. The first-order valence-corrected chi connectivity index (χ1v) is 6.44. The molecule has 0 spiro atoms. The lowest BCUT2D eigenvalue weighted by atomic mass is 10.2. The van der Waals surface area contributed by atoms with E-state index in [1.54, 1.807) is 13.0 Å². The molecule has 0 saturated heterocycles. The molecule has 6 heteroatoms. The predicted molar refractivity (Wildman–Crippen MR) is 74.5 cm³/mol. The lowest BCUT2D eigenvalue weighted by Crippen LogP contribution is -2.20. The molecule has 1 aromatic heterocycles. The van der Waals surface area contributed by atoms with Gasteiger partial charge in [0.15, 0.2) is 0 Å². The van der Waals surface area contributed by atoms with Gasteiger partial charge in [-0.2, -0.15) is 13.2 Å². The number of benzene rings is 1. The highest BCUT2D eigenvalue weighted by Gasteiger charge is 2.30. The van der Waals surface area contributed by atoms with Crippen LogP contribution in [0.3, 0.4) is 0 Å². The van der Waals surface area contributed by atoms with Crippen LogP contribution < -0.4 is 5.56 Å². The van der Waals surface area contributed by atoms with E-state index in [0.29, 0.717) is 5.69 Å². The van der Waals surface area contributed by atoms with Gasteiger partial charge < -0.3 is 0 Å². The highest BCUT2D eigenvalue weighted by atomic mass is 127. The van der Waals surface area contributed by atoms with Crippen LogP contribution in [0.2, 0.25) is 0 Å². The molecule has 0 fully saturated rings. The lowest BCUT2D eigenvalue weighted by Gasteiger charge is -2.13. The van der Waals surface area contributed by atoms with Crippen LogP contribution in [0.4, 0.5) is 13.2 Å². The summed E-state index contributed by atoms with van der Waals surface area (Å²) in [5, 5.41) is 0. The van der Waals surface area contributed by atoms with E-state index in [2.05, 4.69) is 0 Å². The number of nitrogens with zero attached hydrogens (tertiary/aromatic N) is 1. The van der Waals surface area contributed by atoms with E-state index in [1.807, 2.05) is 22.6 Å². The maximum Gasteiger partial charge on any atom is 0.416 e. The minimum atomic E-state index is -4.42. The van der Waals surface area contributed by atoms with Gasteiger partial charge in [-0.05, 0) is 53.8 Å². The summed E-state index contributed by atoms with van der Waals surface area (Å²) in [4.78, 5) is 11.8. The first-order valence-electron chi connectivity index (χ1n) is 5.36. The second-order valence-electron chi connectivity index (χ2n) is 3.99. The molecule has 0 amide bonds. The van der Waals surface area contributed by atoms with Gasteiger partial charge in [0.25, 0.3) is 5.56 Å². The largest absolute Gasteiger partial charge is 0.416 e. The van der Waals surface area contributed by atoms with E-state index in [1.165, 1.54) is 22.8 Å². The van der Waals surface area contributed by atoms with Gasteiger partial charge >= 0.3 is 6.18 Å². The molecule has 0 N–H and O–H groups in total. The maximum absolute atomic E-state index is 12.7. The molecular weight excluding hydrogens is 370 g/mol. The van der Waals surface area contributed by atoms with Crippen LogP contribution in [0.25, 0.3) is 5.69 Å². The Morgan fingerprint density at radius 3 is 2.47 bits per heavy atom. The van der Waals surface area contributed by atoms with E-state index in [4.69, 9.17) is 0 Å². The van der Waals surface area contributed by atoms with Gasteiger partial charge in [0.1, 0.15) is 0 Å². The van der Waals surface area contributed by atoms with Gasteiger partial charge in [0.05, 0.1) is 5.56 Å². The van der Waals surface area contributed by atoms with Crippen LogP contribution in [-0.2, 0) is 6.18 Å². The minimum absolute atomic E-state index is 0.218. The molecule has 1 aromatic carbocycles. The lowest BCUT2D eigenvalue weighted by molar-refractivity contribution is -0.137. The number of aromatic nitrogens is 1. The van der Waals surface area contributed by atoms with Crippen LogP contribution in [0.15, 0.2) is 41.2 Å².